The quantitative estimate of drug-likeness (QED) is 0.824. The zero-order valence-electron chi connectivity index (χ0n) is 9.11. The van der Waals surface area contributed by atoms with E-state index in [4.69, 9.17) is 11.6 Å². The third-order valence-electron chi connectivity index (χ3n) is 2.27. The molecule has 0 aliphatic rings. The van der Waals surface area contributed by atoms with E-state index < -0.39 is 18.0 Å². The minimum absolute atomic E-state index is 0.167. The fraction of sp³-hybridized carbons (Fsp3) is 0.455. The largest absolute Gasteiger partial charge is 0.404 e. The molecule has 1 aromatic rings. The van der Waals surface area contributed by atoms with Crippen LogP contribution in [0, 0.1) is 5.82 Å². The first-order valence-electron chi connectivity index (χ1n) is 5.08. The lowest BCUT2D eigenvalue weighted by Gasteiger charge is -2.21. The van der Waals surface area contributed by atoms with Gasteiger partial charge in [-0.15, -0.1) is 0 Å². The van der Waals surface area contributed by atoms with Crippen molar-refractivity contribution in [2.24, 2.45) is 0 Å². The molecule has 0 saturated carbocycles. The summed E-state index contributed by atoms with van der Waals surface area (Å²) in [5.74, 6) is -0.637. The highest BCUT2D eigenvalue weighted by Gasteiger charge is 2.38. The summed E-state index contributed by atoms with van der Waals surface area (Å²) in [7, 11) is 0. The number of nitrogens with one attached hydrogen (secondary N) is 1. The van der Waals surface area contributed by atoms with Crippen molar-refractivity contribution in [1.29, 1.82) is 0 Å². The molecule has 1 rings (SSSR count). The summed E-state index contributed by atoms with van der Waals surface area (Å²) < 4.78 is 50.7. The van der Waals surface area contributed by atoms with Crippen molar-refractivity contribution in [3.05, 3.63) is 34.6 Å². The average molecular weight is 270 g/mol. The average Bonchev–Trinajstić information content (AvgIpc) is 2.21. The van der Waals surface area contributed by atoms with E-state index in [0.29, 0.717) is 5.56 Å². The van der Waals surface area contributed by atoms with Crippen molar-refractivity contribution in [3.8, 4) is 0 Å². The van der Waals surface area contributed by atoms with Crippen molar-refractivity contribution in [2.75, 3.05) is 6.54 Å². The summed E-state index contributed by atoms with van der Waals surface area (Å²) in [5.41, 5.74) is 0.347. The van der Waals surface area contributed by atoms with Gasteiger partial charge >= 0.3 is 6.18 Å². The van der Waals surface area contributed by atoms with Crippen LogP contribution < -0.4 is 5.32 Å². The van der Waals surface area contributed by atoms with E-state index in [9.17, 15) is 17.6 Å². The minimum atomic E-state index is -4.34. The molecule has 0 aliphatic heterocycles. The highest BCUT2D eigenvalue weighted by atomic mass is 35.5. The molecule has 0 radical (unpaired) electrons. The van der Waals surface area contributed by atoms with Crippen molar-refractivity contribution >= 4 is 11.6 Å². The number of hydrogen-bond donors (Lipinski definition) is 1. The zero-order chi connectivity index (χ0) is 13.1. The Morgan fingerprint density at radius 1 is 1.35 bits per heavy atom. The van der Waals surface area contributed by atoms with Gasteiger partial charge in [0, 0.05) is 0 Å². The molecular weight excluding hydrogens is 258 g/mol. The van der Waals surface area contributed by atoms with Gasteiger partial charge in [0.05, 0.1) is 5.02 Å². The van der Waals surface area contributed by atoms with Gasteiger partial charge in [0.15, 0.2) is 0 Å². The molecule has 0 saturated heterocycles. The molecule has 6 heteroatoms. The fourth-order valence-corrected chi connectivity index (χ4v) is 1.66. The van der Waals surface area contributed by atoms with Gasteiger partial charge < -0.3 is 5.32 Å². The van der Waals surface area contributed by atoms with Crippen LogP contribution >= 0.6 is 11.6 Å². The van der Waals surface area contributed by atoms with E-state index in [1.807, 2.05) is 0 Å². The summed E-state index contributed by atoms with van der Waals surface area (Å²) in [4.78, 5) is 0. The Balaban J connectivity index is 2.82. The number of halogens is 5. The highest BCUT2D eigenvalue weighted by Crippen LogP contribution is 2.24. The first kappa shape index (κ1) is 14.3. The first-order chi connectivity index (χ1) is 7.84. The lowest BCUT2D eigenvalue weighted by Crippen LogP contribution is -2.43. The molecule has 96 valence electrons. The molecule has 0 bridgehead atoms. The molecule has 1 aromatic carbocycles. The van der Waals surface area contributed by atoms with Crippen molar-refractivity contribution < 1.29 is 17.6 Å². The van der Waals surface area contributed by atoms with E-state index >= 15 is 0 Å². The zero-order valence-corrected chi connectivity index (χ0v) is 9.87. The molecule has 1 nitrogen and oxygen atoms in total. The maximum Gasteiger partial charge on any atom is 0.404 e. The molecule has 0 fully saturated rings. The van der Waals surface area contributed by atoms with Gasteiger partial charge in [-0.3, -0.25) is 0 Å². The van der Waals surface area contributed by atoms with Crippen LogP contribution in [0.2, 0.25) is 5.02 Å². The van der Waals surface area contributed by atoms with E-state index in [-0.39, 0.29) is 18.0 Å². The smallest absolute Gasteiger partial charge is 0.306 e. The van der Waals surface area contributed by atoms with Gasteiger partial charge in [-0.2, -0.15) is 13.2 Å². The molecule has 0 amide bonds. The van der Waals surface area contributed by atoms with Gasteiger partial charge in [-0.05, 0) is 30.7 Å². The van der Waals surface area contributed by atoms with Gasteiger partial charge in [0.25, 0.3) is 0 Å². The SMILES string of the molecule is CCNC(Cc1ccc(F)c(Cl)c1)C(F)(F)F. The molecule has 1 atom stereocenters. The Morgan fingerprint density at radius 3 is 2.47 bits per heavy atom. The normalized spacial score (nSPS) is 13.8. The second kappa shape index (κ2) is 5.69. The third kappa shape index (κ3) is 4.16. The van der Waals surface area contributed by atoms with E-state index in [1.54, 1.807) is 6.92 Å². The summed E-state index contributed by atoms with van der Waals surface area (Å²) in [6.07, 6.45) is -4.60. The Kier molecular flexibility index (Phi) is 4.77. The molecule has 17 heavy (non-hydrogen) atoms. The predicted molar refractivity (Wildman–Crippen MR) is 58.6 cm³/mol. The van der Waals surface area contributed by atoms with Crippen molar-refractivity contribution in [3.63, 3.8) is 0 Å². The Morgan fingerprint density at radius 2 is 2.00 bits per heavy atom. The number of likely N-dealkylation sites (N-methyl/N-ethyl adjacent to an activating group) is 1. The van der Waals surface area contributed by atoms with Crippen molar-refractivity contribution in [2.45, 2.75) is 25.6 Å². The van der Waals surface area contributed by atoms with Crippen molar-refractivity contribution in [1.82, 2.24) is 5.32 Å². The molecule has 1 unspecified atom stereocenters. The third-order valence-corrected chi connectivity index (χ3v) is 2.56. The van der Waals surface area contributed by atoms with Crippen LogP contribution in [0.5, 0.6) is 0 Å². The number of alkyl halides is 3. The number of benzene rings is 1. The molecular formula is C11H12ClF4N. The Hall–Kier alpha value is -0.810. The summed E-state index contributed by atoms with van der Waals surface area (Å²) in [6, 6.07) is 1.94. The topological polar surface area (TPSA) is 12.0 Å². The monoisotopic (exact) mass is 269 g/mol. The van der Waals surface area contributed by atoms with Crippen LogP contribution in [-0.4, -0.2) is 18.8 Å². The standard InChI is InChI=1S/C11H12ClF4N/c1-2-17-10(11(14,15)16)6-7-3-4-9(13)8(12)5-7/h3-5,10,17H,2,6H2,1H3. The second-order valence-electron chi connectivity index (χ2n) is 3.60. The van der Waals surface area contributed by atoms with Crippen LogP contribution in [0.1, 0.15) is 12.5 Å². The predicted octanol–water partition coefficient (Wildman–Crippen LogP) is 3.56. The van der Waals surface area contributed by atoms with E-state index in [1.165, 1.54) is 12.1 Å². The van der Waals surface area contributed by atoms with Gasteiger partial charge in [0.1, 0.15) is 11.9 Å². The van der Waals surface area contributed by atoms with E-state index in [0.717, 1.165) is 6.07 Å². The highest BCUT2D eigenvalue weighted by molar-refractivity contribution is 6.30. The van der Waals surface area contributed by atoms with Crippen LogP contribution in [0.3, 0.4) is 0 Å². The van der Waals surface area contributed by atoms with Crippen LogP contribution in [0.15, 0.2) is 18.2 Å². The number of rotatable bonds is 4. The van der Waals surface area contributed by atoms with Gasteiger partial charge in [-0.25, -0.2) is 4.39 Å². The van der Waals surface area contributed by atoms with Crippen LogP contribution in [0.4, 0.5) is 17.6 Å². The molecule has 0 spiro atoms. The van der Waals surface area contributed by atoms with Gasteiger partial charge in [-0.1, -0.05) is 24.6 Å². The van der Waals surface area contributed by atoms with E-state index in [2.05, 4.69) is 5.32 Å². The lowest BCUT2D eigenvalue weighted by atomic mass is 10.1. The Bertz CT molecular complexity index is 378. The maximum atomic E-state index is 12.8. The van der Waals surface area contributed by atoms with Crippen LogP contribution in [-0.2, 0) is 6.42 Å². The maximum absolute atomic E-state index is 12.8. The lowest BCUT2D eigenvalue weighted by molar-refractivity contribution is -0.155. The second-order valence-corrected chi connectivity index (χ2v) is 4.01. The molecule has 0 heterocycles. The summed E-state index contributed by atoms with van der Waals surface area (Å²) in [6.45, 7) is 1.80. The Labute approximate surface area is 102 Å². The van der Waals surface area contributed by atoms with Gasteiger partial charge in [0.2, 0.25) is 0 Å². The fourth-order valence-electron chi connectivity index (χ4n) is 1.45. The molecule has 1 N–H and O–H groups in total. The first-order valence-corrected chi connectivity index (χ1v) is 5.46. The molecule has 0 aromatic heterocycles. The summed E-state index contributed by atoms with van der Waals surface area (Å²) in [5, 5.41) is 2.18. The molecule has 0 aliphatic carbocycles. The minimum Gasteiger partial charge on any atom is -0.306 e. The summed E-state index contributed by atoms with van der Waals surface area (Å²) >= 11 is 5.51. The van der Waals surface area contributed by atoms with Crippen LogP contribution in [0.25, 0.3) is 0 Å². The number of hydrogen-bond acceptors (Lipinski definition) is 1.